The molecular weight excluding hydrogens is 586 g/mol. The second-order valence-electron chi connectivity index (χ2n) is 12.2. The maximum atomic E-state index is 13.6. The van der Waals surface area contributed by atoms with Gasteiger partial charge in [0, 0.05) is 32.3 Å². The number of hydrogen-bond donors (Lipinski definition) is 2. The zero-order chi connectivity index (χ0) is 32.6. The van der Waals surface area contributed by atoms with Crippen LogP contribution in [0.2, 0.25) is 0 Å². The number of aromatic nitrogens is 1. The number of pyridine rings is 1. The van der Waals surface area contributed by atoms with E-state index in [2.05, 4.69) is 4.98 Å². The van der Waals surface area contributed by atoms with Crippen LogP contribution in [0.4, 0.5) is 0 Å². The van der Waals surface area contributed by atoms with Gasteiger partial charge in [-0.2, -0.15) is 0 Å². The number of nitrogens with zero attached hydrogens (tertiary/aromatic N) is 1. The number of esters is 4. The van der Waals surface area contributed by atoms with Gasteiger partial charge in [-0.15, -0.1) is 0 Å². The molecule has 3 fully saturated rings. The Hall–Kier alpha value is -4.13. The molecule has 12 heteroatoms. The normalized spacial score (nSPS) is 33.1. The zero-order valence-electron chi connectivity index (χ0n) is 25.5. The molecule has 1 aromatic carbocycles. The molecule has 1 aromatic heterocycles. The zero-order valence-corrected chi connectivity index (χ0v) is 25.5. The molecule has 2 aromatic rings. The van der Waals surface area contributed by atoms with Crippen molar-refractivity contribution in [2.45, 2.75) is 82.3 Å². The van der Waals surface area contributed by atoms with Gasteiger partial charge >= 0.3 is 23.9 Å². The van der Waals surface area contributed by atoms with Crippen molar-refractivity contribution >= 4 is 30.0 Å². The van der Waals surface area contributed by atoms with Crippen LogP contribution >= 0.6 is 0 Å². The van der Waals surface area contributed by atoms with Crippen molar-refractivity contribution < 1.29 is 53.1 Å². The Morgan fingerprint density at radius 2 is 1.71 bits per heavy atom. The molecule has 240 valence electrons. The molecule has 2 aliphatic carbocycles. The molecule has 2 heterocycles. The summed E-state index contributed by atoms with van der Waals surface area (Å²) in [7, 11) is 0. The summed E-state index contributed by atoms with van der Waals surface area (Å²) in [5.41, 5.74) is -4.41. The third-order valence-corrected chi connectivity index (χ3v) is 9.09. The summed E-state index contributed by atoms with van der Waals surface area (Å²) >= 11 is 0. The summed E-state index contributed by atoms with van der Waals surface area (Å²) < 4.78 is 30.1. The van der Waals surface area contributed by atoms with E-state index in [0.717, 1.165) is 19.4 Å². The predicted octanol–water partition coefficient (Wildman–Crippen LogP) is 2.41. The van der Waals surface area contributed by atoms with E-state index in [9.17, 15) is 29.4 Å². The van der Waals surface area contributed by atoms with Crippen LogP contribution in [-0.4, -0.2) is 87.4 Å². The monoisotopic (exact) mass is 623 g/mol. The molecule has 45 heavy (non-hydrogen) atoms. The number of aliphatic hydroxyl groups is 2. The Kier molecular flexibility index (Phi) is 8.85. The van der Waals surface area contributed by atoms with Gasteiger partial charge in [-0.25, -0.2) is 9.59 Å². The number of fused-ring (bicyclic) bond motifs is 1. The third-order valence-electron chi connectivity index (χ3n) is 9.09. The Labute approximate surface area is 260 Å². The van der Waals surface area contributed by atoms with Crippen LogP contribution < -0.4 is 0 Å². The van der Waals surface area contributed by atoms with Gasteiger partial charge in [0.05, 0.1) is 29.3 Å². The summed E-state index contributed by atoms with van der Waals surface area (Å²) in [5, 5.41) is 23.8. The Morgan fingerprint density at radius 1 is 0.978 bits per heavy atom. The Bertz CT molecular complexity index is 1460. The molecular formula is C33H37NO11. The third kappa shape index (κ3) is 5.62. The van der Waals surface area contributed by atoms with Gasteiger partial charge in [-0.05, 0) is 50.5 Å². The van der Waals surface area contributed by atoms with Crippen molar-refractivity contribution in [3.8, 4) is 0 Å². The van der Waals surface area contributed by atoms with E-state index < -0.39 is 83.5 Å². The summed E-state index contributed by atoms with van der Waals surface area (Å²) in [6.45, 7) is 5.01. The quantitative estimate of drug-likeness (QED) is 0.251. The lowest BCUT2D eigenvalue weighted by atomic mass is 9.49. The molecule has 0 radical (unpaired) electrons. The Morgan fingerprint density at radius 3 is 2.36 bits per heavy atom. The lowest BCUT2D eigenvalue weighted by Gasteiger charge is -2.62. The molecule has 1 saturated heterocycles. The summed E-state index contributed by atoms with van der Waals surface area (Å²) in [4.78, 5) is 55.9. The fourth-order valence-electron chi connectivity index (χ4n) is 7.40. The highest BCUT2D eigenvalue weighted by atomic mass is 16.6. The van der Waals surface area contributed by atoms with Crippen molar-refractivity contribution in [3.63, 3.8) is 0 Å². The first-order valence-corrected chi connectivity index (χ1v) is 14.7. The molecule has 12 nitrogen and oxygen atoms in total. The molecule has 1 aliphatic heterocycles. The molecule has 3 aliphatic rings. The van der Waals surface area contributed by atoms with Crippen molar-refractivity contribution in [1.82, 2.24) is 4.98 Å². The fraction of sp³-hybridized carbons (Fsp3) is 0.485. The molecule has 8 atom stereocenters. The number of carbonyl (C=O) groups is 4. The van der Waals surface area contributed by atoms with E-state index >= 15 is 0 Å². The molecule has 5 rings (SSSR count). The standard InChI is InChI=1S/C33H37NO11/c1-19(35)41-18-32-24(43-25(38)15-12-21-9-6-5-7-10-21)14-13-23(37)33(32)28(39)26(31(3,4)45-33)27(42-20(2)36)29(32)44-30(40)22-11-8-16-34-17-22/h5-12,15-17,23-24,26-29,37,39H,13-14,18H2,1-4H3/b15-12-/t23-,24-,26?,27+,28+,29+,32-,33?/m0/s1. The molecule has 2 saturated carbocycles. The minimum absolute atomic E-state index is 0.00398. The molecule has 2 bridgehead atoms. The minimum Gasteiger partial charge on any atom is -0.465 e. The molecule has 1 spiro atoms. The van der Waals surface area contributed by atoms with Crippen LogP contribution in [0.15, 0.2) is 60.9 Å². The number of hydrogen-bond acceptors (Lipinski definition) is 12. The number of benzene rings is 1. The highest BCUT2D eigenvalue weighted by Crippen LogP contribution is 2.66. The van der Waals surface area contributed by atoms with E-state index in [-0.39, 0.29) is 18.4 Å². The summed E-state index contributed by atoms with van der Waals surface area (Å²) in [5.74, 6) is -4.15. The van der Waals surface area contributed by atoms with Gasteiger partial charge in [-0.3, -0.25) is 14.6 Å². The number of ether oxygens (including phenoxy) is 5. The maximum Gasteiger partial charge on any atom is 0.340 e. The average Bonchev–Trinajstić information content (AvgIpc) is 3.17. The van der Waals surface area contributed by atoms with Crippen LogP contribution in [0.3, 0.4) is 0 Å². The van der Waals surface area contributed by atoms with Crippen molar-refractivity contribution in [2.24, 2.45) is 11.3 Å². The first-order chi connectivity index (χ1) is 21.3. The van der Waals surface area contributed by atoms with Gasteiger partial charge in [-0.1, -0.05) is 30.3 Å². The van der Waals surface area contributed by atoms with Gasteiger partial charge in [0.15, 0.2) is 6.10 Å². The van der Waals surface area contributed by atoms with E-state index in [1.54, 1.807) is 44.2 Å². The van der Waals surface area contributed by atoms with E-state index in [1.165, 1.54) is 30.6 Å². The van der Waals surface area contributed by atoms with Crippen LogP contribution in [-0.2, 0) is 38.1 Å². The highest BCUT2D eigenvalue weighted by Gasteiger charge is 2.84. The number of carbonyl (C=O) groups excluding carboxylic acids is 4. The van der Waals surface area contributed by atoms with E-state index in [0.29, 0.717) is 0 Å². The van der Waals surface area contributed by atoms with Crippen molar-refractivity contribution in [2.75, 3.05) is 6.61 Å². The first-order valence-electron chi connectivity index (χ1n) is 14.7. The minimum atomic E-state index is -1.99. The smallest absolute Gasteiger partial charge is 0.340 e. The second-order valence-corrected chi connectivity index (χ2v) is 12.2. The van der Waals surface area contributed by atoms with Crippen LogP contribution in [0, 0.1) is 11.3 Å². The van der Waals surface area contributed by atoms with E-state index in [4.69, 9.17) is 23.7 Å². The average molecular weight is 624 g/mol. The Balaban J connectivity index is 1.69. The van der Waals surface area contributed by atoms with Gasteiger partial charge < -0.3 is 33.9 Å². The van der Waals surface area contributed by atoms with Gasteiger partial charge in [0.1, 0.15) is 29.8 Å². The topological polar surface area (TPSA) is 168 Å². The van der Waals surface area contributed by atoms with Crippen molar-refractivity contribution in [3.05, 3.63) is 72.1 Å². The predicted molar refractivity (Wildman–Crippen MR) is 156 cm³/mol. The van der Waals surface area contributed by atoms with Crippen molar-refractivity contribution in [1.29, 1.82) is 0 Å². The van der Waals surface area contributed by atoms with Crippen LogP contribution in [0.1, 0.15) is 56.5 Å². The van der Waals surface area contributed by atoms with E-state index in [1.807, 2.05) is 6.07 Å². The number of aliphatic hydroxyl groups excluding tert-OH is 2. The largest absolute Gasteiger partial charge is 0.465 e. The van der Waals surface area contributed by atoms with Crippen LogP contribution in [0.5, 0.6) is 0 Å². The summed E-state index contributed by atoms with van der Waals surface area (Å²) in [6, 6.07) is 12.0. The highest BCUT2D eigenvalue weighted by molar-refractivity contribution is 5.89. The van der Waals surface area contributed by atoms with Gasteiger partial charge in [0.25, 0.3) is 0 Å². The molecule has 0 amide bonds. The van der Waals surface area contributed by atoms with Crippen LogP contribution in [0.25, 0.3) is 6.08 Å². The first kappa shape index (κ1) is 32.3. The molecule has 2 unspecified atom stereocenters. The lowest BCUT2D eigenvalue weighted by molar-refractivity contribution is -0.323. The second kappa shape index (κ2) is 12.3. The summed E-state index contributed by atoms with van der Waals surface area (Å²) in [6.07, 6.45) is -1.54. The lowest BCUT2D eigenvalue weighted by Crippen LogP contribution is -2.80. The maximum absolute atomic E-state index is 13.6. The SMILES string of the molecule is CC(=O)OC[C@@]12[C@@H](OC(=O)/C=C\c3ccccc3)CC[C@H](O)C13OC(C)(C)C([C@@H](OC(C)=O)[C@H]2OC(=O)c1cccnc1)[C@H]3O. The molecule has 2 N–H and O–H groups in total. The number of rotatable bonds is 8. The van der Waals surface area contributed by atoms with Gasteiger partial charge in [0.2, 0.25) is 0 Å². The fourth-order valence-corrected chi connectivity index (χ4v) is 7.40.